The Morgan fingerprint density at radius 1 is 1.04 bits per heavy atom. The third kappa shape index (κ3) is 5.58. The number of hydrogen-bond donors (Lipinski definition) is 1. The Bertz CT molecular complexity index is 987. The molecule has 7 heteroatoms. The molecular formula is C21H15BrCl2N2O2. The van der Waals surface area contributed by atoms with Gasteiger partial charge in [-0.3, -0.25) is 4.79 Å². The second kappa shape index (κ2) is 9.73. The minimum absolute atomic E-state index is 0.272. The number of benzene rings is 3. The molecule has 0 heterocycles. The van der Waals surface area contributed by atoms with Crippen LogP contribution in [0.2, 0.25) is 10.0 Å². The Hall–Kier alpha value is -2.34. The van der Waals surface area contributed by atoms with Gasteiger partial charge in [-0.05, 0) is 60.2 Å². The fraction of sp³-hybridized carbons (Fsp3) is 0.0476. The largest absolute Gasteiger partial charge is 0.489 e. The molecule has 0 aliphatic carbocycles. The number of carbonyl (C=O) groups excluding carboxylic acids is 1. The maximum absolute atomic E-state index is 12.0. The van der Waals surface area contributed by atoms with Crippen molar-refractivity contribution in [2.24, 2.45) is 5.10 Å². The molecule has 142 valence electrons. The second-order valence-corrected chi connectivity index (χ2v) is 7.50. The first-order valence-corrected chi connectivity index (χ1v) is 9.82. The van der Waals surface area contributed by atoms with Crippen LogP contribution in [-0.2, 0) is 6.61 Å². The molecule has 3 aromatic carbocycles. The maximum atomic E-state index is 12.0. The number of nitrogens with zero attached hydrogens (tertiary/aromatic N) is 1. The molecule has 3 aromatic rings. The number of hydrogen-bond acceptors (Lipinski definition) is 3. The Kier molecular flexibility index (Phi) is 7.09. The lowest BCUT2D eigenvalue weighted by Crippen LogP contribution is -2.17. The van der Waals surface area contributed by atoms with Crippen molar-refractivity contribution >= 4 is 51.3 Å². The summed E-state index contributed by atoms with van der Waals surface area (Å²) in [5.41, 5.74) is 4.58. The van der Waals surface area contributed by atoms with Crippen LogP contribution in [0.25, 0.3) is 0 Å². The summed E-state index contributed by atoms with van der Waals surface area (Å²) in [6, 6.07) is 19.7. The van der Waals surface area contributed by atoms with Crippen molar-refractivity contribution in [1.29, 1.82) is 0 Å². The van der Waals surface area contributed by atoms with Crippen molar-refractivity contribution in [3.05, 3.63) is 97.9 Å². The van der Waals surface area contributed by atoms with Gasteiger partial charge < -0.3 is 4.74 Å². The van der Waals surface area contributed by atoms with Gasteiger partial charge in [-0.1, -0.05) is 51.3 Å². The number of halogens is 3. The quantitative estimate of drug-likeness (QED) is 0.344. The number of rotatable bonds is 6. The summed E-state index contributed by atoms with van der Waals surface area (Å²) in [5, 5.41) is 5.11. The zero-order valence-corrected chi connectivity index (χ0v) is 17.6. The summed E-state index contributed by atoms with van der Waals surface area (Å²) < 4.78 is 6.56. The molecule has 0 unspecified atom stereocenters. The molecule has 0 aliphatic heterocycles. The molecule has 0 bridgehead atoms. The number of amides is 1. The van der Waals surface area contributed by atoms with Crippen molar-refractivity contribution < 1.29 is 9.53 Å². The van der Waals surface area contributed by atoms with Gasteiger partial charge in [-0.15, -0.1) is 0 Å². The van der Waals surface area contributed by atoms with E-state index in [0.29, 0.717) is 21.4 Å². The van der Waals surface area contributed by atoms with E-state index in [1.165, 1.54) is 0 Å². The summed E-state index contributed by atoms with van der Waals surface area (Å²) in [4.78, 5) is 12.0. The van der Waals surface area contributed by atoms with Gasteiger partial charge in [0.25, 0.3) is 5.91 Å². The van der Waals surface area contributed by atoms with Crippen molar-refractivity contribution in [2.45, 2.75) is 6.61 Å². The number of ether oxygens (including phenoxy) is 1. The van der Waals surface area contributed by atoms with Crippen LogP contribution in [0.3, 0.4) is 0 Å². The summed E-state index contributed by atoms with van der Waals surface area (Å²) in [7, 11) is 0. The number of carbonyl (C=O) groups is 1. The molecule has 0 atom stereocenters. The van der Waals surface area contributed by atoms with E-state index in [0.717, 1.165) is 15.6 Å². The molecule has 1 amide bonds. The highest BCUT2D eigenvalue weighted by Crippen LogP contribution is 2.25. The number of nitrogens with one attached hydrogen (secondary N) is 1. The lowest BCUT2D eigenvalue weighted by Gasteiger charge is -2.09. The van der Waals surface area contributed by atoms with Gasteiger partial charge in [0.15, 0.2) is 0 Å². The average molecular weight is 478 g/mol. The molecule has 0 fully saturated rings. The first kappa shape index (κ1) is 20.4. The zero-order chi connectivity index (χ0) is 19.9. The zero-order valence-electron chi connectivity index (χ0n) is 14.5. The summed E-state index contributed by atoms with van der Waals surface area (Å²) in [6.07, 6.45) is 1.56. The topological polar surface area (TPSA) is 50.7 Å². The Morgan fingerprint density at radius 2 is 1.71 bits per heavy atom. The minimum Gasteiger partial charge on any atom is -0.489 e. The molecule has 0 aliphatic rings. The van der Waals surface area contributed by atoms with E-state index < -0.39 is 0 Å². The molecular weight excluding hydrogens is 463 g/mol. The number of hydrazone groups is 1. The first-order valence-electron chi connectivity index (χ1n) is 8.27. The summed E-state index contributed by atoms with van der Waals surface area (Å²) in [5.74, 6) is 0.389. The van der Waals surface area contributed by atoms with Crippen molar-refractivity contribution in [1.82, 2.24) is 5.43 Å². The molecule has 28 heavy (non-hydrogen) atoms. The molecule has 0 saturated heterocycles. The van der Waals surface area contributed by atoms with E-state index in [9.17, 15) is 4.79 Å². The van der Waals surface area contributed by atoms with Gasteiger partial charge in [0.05, 0.1) is 6.21 Å². The highest BCUT2D eigenvalue weighted by atomic mass is 79.9. The Labute approximate surface area is 181 Å². The van der Waals surface area contributed by atoms with Gasteiger partial charge in [0, 0.05) is 25.6 Å². The van der Waals surface area contributed by atoms with E-state index in [4.69, 9.17) is 27.9 Å². The summed E-state index contributed by atoms with van der Waals surface area (Å²) in [6.45, 7) is 0.272. The fourth-order valence-corrected chi connectivity index (χ4v) is 3.24. The van der Waals surface area contributed by atoms with Crippen LogP contribution < -0.4 is 10.2 Å². The van der Waals surface area contributed by atoms with Crippen LogP contribution in [0.4, 0.5) is 0 Å². The third-order valence-corrected chi connectivity index (χ3v) is 4.99. The van der Waals surface area contributed by atoms with Crippen LogP contribution in [0, 0.1) is 0 Å². The minimum atomic E-state index is -0.283. The smallest absolute Gasteiger partial charge is 0.271 e. The molecule has 4 nitrogen and oxygen atoms in total. The molecule has 0 spiro atoms. The third-order valence-electron chi connectivity index (χ3n) is 3.79. The van der Waals surface area contributed by atoms with Gasteiger partial charge >= 0.3 is 0 Å². The predicted octanol–water partition coefficient (Wildman–Crippen LogP) is 6.10. The standard InChI is InChI=1S/C21H15BrCl2N2O2/c22-16-4-1-3-15(11-16)21(27)26-25-12-14-7-9-17(10-8-14)28-13-18-19(23)5-2-6-20(18)24/h1-12H,13H2,(H,26,27)/b25-12-. The normalized spacial score (nSPS) is 10.8. The average Bonchev–Trinajstić information content (AvgIpc) is 2.68. The van der Waals surface area contributed by atoms with Crippen LogP contribution in [-0.4, -0.2) is 12.1 Å². The first-order chi connectivity index (χ1) is 13.5. The van der Waals surface area contributed by atoms with Gasteiger partial charge in [-0.2, -0.15) is 5.10 Å². The van der Waals surface area contributed by atoms with Crippen LogP contribution >= 0.6 is 39.1 Å². The molecule has 0 saturated carbocycles. The van der Waals surface area contributed by atoms with E-state index in [2.05, 4.69) is 26.5 Å². The van der Waals surface area contributed by atoms with Crippen molar-refractivity contribution in [3.63, 3.8) is 0 Å². The molecule has 1 N–H and O–H groups in total. The van der Waals surface area contributed by atoms with E-state index >= 15 is 0 Å². The van der Waals surface area contributed by atoms with Crippen LogP contribution in [0.1, 0.15) is 21.5 Å². The monoisotopic (exact) mass is 476 g/mol. The lowest BCUT2D eigenvalue weighted by atomic mass is 10.2. The Morgan fingerprint density at radius 3 is 2.39 bits per heavy atom. The summed E-state index contributed by atoms with van der Waals surface area (Å²) >= 11 is 15.6. The van der Waals surface area contributed by atoms with Crippen molar-refractivity contribution in [2.75, 3.05) is 0 Å². The van der Waals surface area contributed by atoms with Crippen LogP contribution in [0.15, 0.2) is 76.3 Å². The highest BCUT2D eigenvalue weighted by molar-refractivity contribution is 9.10. The van der Waals surface area contributed by atoms with Crippen molar-refractivity contribution in [3.8, 4) is 5.75 Å². The van der Waals surface area contributed by atoms with Gasteiger partial charge in [-0.25, -0.2) is 5.43 Å². The van der Waals surface area contributed by atoms with E-state index in [1.54, 1.807) is 42.6 Å². The maximum Gasteiger partial charge on any atom is 0.271 e. The molecule has 3 rings (SSSR count). The van der Waals surface area contributed by atoms with E-state index in [1.807, 2.05) is 30.3 Å². The SMILES string of the molecule is O=C(N/N=C\c1ccc(OCc2c(Cl)cccc2Cl)cc1)c1cccc(Br)c1. The van der Waals surface area contributed by atoms with E-state index in [-0.39, 0.29) is 12.5 Å². The van der Waals surface area contributed by atoms with Gasteiger partial charge in [0.1, 0.15) is 12.4 Å². The molecule has 0 radical (unpaired) electrons. The fourth-order valence-electron chi connectivity index (χ4n) is 2.34. The molecule has 0 aromatic heterocycles. The predicted molar refractivity (Wildman–Crippen MR) is 116 cm³/mol. The van der Waals surface area contributed by atoms with Gasteiger partial charge in [0.2, 0.25) is 0 Å². The lowest BCUT2D eigenvalue weighted by molar-refractivity contribution is 0.0955. The second-order valence-electron chi connectivity index (χ2n) is 5.77. The Balaban J connectivity index is 1.55. The van der Waals surface area contributed by atoms with Crippen LogP contribution in [0.5, 0.6) is 5.75 Å². The highest BCUT2D eigenvalue weighted by Gasteiger charge is 2.06.